The number of rotatable bonds is 7. The molecule has 2 atom stereocenters. The number of carboxylic acid groups (broad SMARTS) is 2. The molecule has 0 saturated heterocycles. The molecule has 6 nitrogen and oxygen atoms in total. The van der Waals surface area contributed by atoms with Crippen molar-refractivity contribution in [1.29, 1.82) is 0 Å². The summed E-state index contributed by atoms with van der Waals surface area (Å²) in [6, 6.07) is 7.53. The molecule has 0 radical (unpaired) electrons. The van der Waals surface area contributed by atoms with Crippen LogP contribution in [0.15, 0.2) is 30.3 Å². The van der Waals surface area contributed by atoms with E-state index >= 15 is 0 Å². The molecule has 0 aliphatic rings. The molecule has 0 aliphatic heterocycles. The molecule has 0 heterocycles. The van der Waals surface area contributed by atoms with Crippen molar-refractivity contribution in [3.8, 4) is 0 Å². The van der Waals surface area contributed by atoms with E-state index in [9.17, 15) is 14.4 Å². The third kappa shape index (κ3) is 4.38. The van der Waals surface area contributed by atoms with Gasteiger partial charge < -0.3 is 15.5 Å². The number of hydrogen-bond acceptors (Lipinski definition) is 3. The highest BCUT2D eigenvalue weighted by Crippen LogP contribution is 2.19. The third-order valence-electron chi connectivity index (χ3n) is 2.92. The van der Waals surface area contributed by atoms with Gasteiger partial charge in [-0.05, 0) is 12.0 Å². The van der Waals surface area contributed by atoms with E-state index in [0.29, 0.717) is 6.42 Å². The van der Waals surface area contributed by atoms with E-state index in [4.69, 9.17) is 10.2 Å². The summed E-state index contributed by atoms with van der Waals surface area (Å²) >= 11 is 0. The Hall–Kier alpha value is -2.37. The first kappa shape index (κ1) is 15.7. The Bertz CT molecular complexity index is 486. The lowest BCUT2D eigenvalue weighted by Crippen LogP contribution is -2.44. The first-order valence-corrected chi connectivity index (χ1v) is 6.25. The highest BCUT2D eigenvalue weighted by atomic mass is 16.4. The van der Waals surface area contributed by atoms with Gasteiger partial charge in [-0.2, -0.15) is 0 Å². The SMILES string of the molecule is CCC(C(=O)N[C@H](CC(=O)O)C(=O)O)c1ccccc1. The molecule has 0 aromatic heterocycles. The summed E-state index contributed by atoms with van der Waals surface area (Å²) < 4.78 is 0. The Balaban J connectivity index is 2.81. The minimum absolute atomic E-state index is 0.479. The van der Waals surface area contributed by atoms with Gasteiger partial charge in [0.1, 0.15) is 6.04 Å². The fourth-order valence-corrected chi connectivity index (χ4v) is 1.90. The standard InChI is InChI=1S/C14H17NO5/c1-2-10(9-6-4-3-5-7-9)13(18)15-11(14(19)20)8-12(16)17/h3-7,10-11H,2,8H2,1H3,(H,15,18)(H,16,17)(H,19,20)/t10?,11-/m1/s1. The topological polar surface area (TPSA) is 104 Å². The predicted octanol–water partition coefficient (Wildman–Crippen LogP) is 1.22. The van der Waals surface area contributed by atoms with Crippen molar-refractivity contribution in [3.63, 3.8) is 0 Å². The summed E-state index contributed by atoms with van der Waals surface area (Å²) in [7, 11) is 0. The second-order valence-electron chi connectivity index (χ2n) is 4.37. The van der Waals surface area contributed by atoms with E-state index < -0.39 is 36.2 Å². The molecular formula is C14H17NO5. The summed E-state index contributed by atoms with van der Waals surface area (Å²) in [6.45, 7) is 1.81. The number of nitrogens with one attached hydrogen (secondary N) is 1. The van der Waals surface area contributed by atoms with Crippen LogP contribution >= 0.6 is 0 Å². The summed E-state index contributed by atoms with van der Waals surface area (Å²) in [6.07, 6.45) is -0.151. The molecule has 6 heteroatoms. The molecule has 0 fully saturated rings. The Morgan fingerprint density at radius 1 is 1.15 bits per heavy atom. The average molecular weight is 279 g/mol. The fourth-order valence-electron chi connectivity index (χ4n) is 1.90. The van der Waals surface area contributed by atoms with Gasteiger partial charge in [0.25, 0.3) is 0 Å². The van der Waals surface area contributed by atoms with Gasteiger partial charge in [0.2, 0.25) is 5.91 Å². The molecule has 0 bridgehead atoms. The van der Waals surface area contributed by atoms with Crippen LogP contribution in [0.25, 0.3) is 0 Å². The summed E-state index contributed by atoms with van der Waals surface area (Å²) in [4.78, 5) is 33.6. The maximum absolute atomic E-state index is 12.1. The highest BCUT2D eigenvalue weighted by molar-refractivity contribution is 5.90. The van der Waals surface area contributed by atoms with Crippen molar-refractivity contribution in [2.75, 3.05) is 0 Å². The number of hydrogen-bond donors (Lipinski definition) is 3. The van der Waals surface area contributed by atoms with Gasteiger partial charge in [0, 0.05) is 0 Å². The van der Waals surface area contributed by atoms with Crippen molar-refractivity contribution in [2.45, 2.75) is 31.7 Å². The smallest absolute Gasteiger partial charge is 0.326 e. The number of carbonyl (C=O) groups excluding carboxylic acids is 1. The predicted molar refractivity (Wildman–Crippen MR) is 71.3 cm³/mol. The molecule has 1 aromatic rings. The van der Waals surface area contributed by atoms with Crippen molar-refractivity contribution >= 4 is 17.8 Å². The Labute approximate surface area is 116 Å². The summed E-state index contributed by atoms with van der Waals surface area (Å²) in [5, 5.41) is 19.8. The van der Waals surface area contributed by atoms with E-state index in [1.165, 1.54) is 0 Å². The average Bonchev–Trinajstić information content (AvgIpc) is 2.39. The van der Waals surface area contributed by atoms with Crippen molar-refractivity contribution in [2.24, 2.45) is 0 Å². The molecule has 0 aliphatic carbocycles. The normalized spacial score (nSPS) is 13.2. The molecule has 3 N–H and O–H groups in total. The molecule has 1 unspecified atom stereocenters. The molecule has 1 aromatic carbocycles. The number of carbonyl (C=O) groups is 3. The lowest BCUT2D eigenvalue weighted by Gasteiger charge is -2.18. The van der Waals surface area contributed by atoms with Gasteiger partial charge >= 0.3 is 11.9 Å². The third-order valence-corrected chi connectivity index (χ3v) is 2.92. The van der Waals surface area contributed by atoms with E-state index in [2.05, 4.69) is 5.32 Å². The molecular weight excluding hydrogens is 262 g/mol. The van der Waals surface area contributed by atoms with Crippen LogP contribution in [0.4, 0.5) is 0 Å². The molecule has 108 valence electrons. The van der Waals surface area contributed by atoms with Gasteiger partial charge in [-0.1, -0.05) is 37.3 Å². The van der Waals surface area contributed by atoms with Gasteiger partial charge in [0.05, 0.1) is 12.3 Å². The van der Waals surface area contributed by atoms with Crippen molar-refractivity contribution < 1.29 is 24.6 Å². The minimum Gasteiger partial charge on any atom is -0.481 e. The van der Waals surface area contributed by atoms with E-state index in [-0.39, 0.29) is 0 Å². The van der Waals surface area contributed by atoms with E-state index in [0.717, 1.165) is 5.56 Å². The summed E-state index contributed by atoms with van der Waals surface area (Å²) in [5.74, 6) is -3.60. The Morgan fingerprint density at radius 2 is 1.75 bits per heavy atom. The molecule has 1 amide bonds. The van der Waals surface area contributed by atoms with Gasteiger partial charge in [-0.15, -0.1) is 0 Å². The van der Waals surface area contributed by atoms with Crippen LogP contribution in [0.2, 0.25) is 0 Å². The van der Waals surface area contributed by atoms with Gasteiger partial charge in [0.15, 0.2) is 0 Å². The molecule has 20 heavy (non-hydrogen) atoms. The number of aliphatic carboxylic acids is 2. The van der Waals surface area contributed by atoms with Crippen molar-refractivity contribution in [1.82, 2.24) is 5.32 Å². The zero-order chi connectivity index (χ0) is 15.1. The van der Waals surface area contributed by atoms with E-state index in [1.54, 1.807) is 24.3 Å². The minimum atomic E-state index is -1.42. The van der Waals surface area contributed by atoms with Crippen molar-refractivity contribution in [3.05, 3.63) is 35.9 Å². The lowest BCUT2D eigenvalue weighted by molar-refractivity contribution is -0.147. The van der Waals surface area contributed by atoms with Gasteiger partial charge in [-0.3, -0.25) is 9.59 Å². The Morgan fingerprint density at radius 3 is 2.20 bits per heavy atom. The fraction of sp³-hybridized carbons (Fsp3) is 0.357. The number of benzene rings is 1. The second kappa shape index (κ2) is 7.28. The van der Waals surface area contributed by atoms with E-state index in [1.807, 2.05) is 13.0 Å². The quantitative estimate of drug-likeness (QED) is 0.696. The first-order valence-electron chi connectivity index (χ1n) is 6.25. The summed E-state index contributed by atoms with van der Waals surface area (Å²) in [5.41, 5.74) is 0.770. The molecule has 1 rings (SSSR count). The monoisotopic (exact) mass is 279 g/mol. The zero-order valence-corrected chi connectivity index (χ0v) is 11.1. The van der Waals surface area contributed by atoms with Crippen LogP contribution < -0.4 is 5.32 Å². The first-order chi connectivity index (χ1) is 9.45. The molecule has 0 saturated carbocycles. The molecule has 0 spiro atoms. The second-order valence-corrected chi connectivity index (χ2v) is 4.37. The van der Waals surface area contributed by atoms with Gasteiger partial charge in [-0.25, -0.2) is 4.79 Å². The van der Waals surface area contributed by atoms with Crippen LogP contribution in [0, 0.1) is 0 Å². The number of carboxylic acids is 2. The highest BCUT2D eigenvalue weighted by Gasteiger charge is 2.27. The van der Waals surface area contributed by atoms with Crippen LogP contribution in [0.1, 0.15) is 31.2 Å². The maximum Gasteiger partial charge on any atom is 0.326 e. The van der Waals surface area contributed by atoms with Crippen LogP contribution in [-0.4, -0.2) is 34.1 Å². The van der Waals surface area contributed by atoms with Crippen LogP contribution in [-0.2, 0) is 14.4 Å². The lowest BCUT2D eigenvalue weighted by atomic mass is 9.95. The number of amides is 1. The largest absolute Gasteiger partial charge is 0.481 e. The Kier molecular flexibility index (Phi) is 5.71. The van der Waals surface area contributed by atoms with Crippen LogP contribution in [0.5, 0.6) is 0 Å². The zero-order valence-electron chi connectivity index (χ0n) is 11.1. The maximum atomic E-state index is 12.1. The van der Waals surface area contributed by atoms with Crippen LogP contribution in [0.3, 0.4) is 0 Å².